The zero-order valence-electron chi connectivity index (χ0n) is 9.06. The summed E-state index contributed by atoms with van der Waals surface area (Å²) in [5, 5.41) is 0. The van der Waals surface area contributed by atoms with Crippen molar-refractivity contribution in [1.82, 2.24) is 9.38 Å². The highest BCUT2D eigenvalue weighted by atomic mass is 19.3. The predicted molar refractivity (Wildman–Crippen MR) is 55.7 cm³/mol. The van der Waals surface area contributed by atoms with Crippen molar-refractivity contribution in [1.29, 1.82) is 0 Å². The fourth-order valence-electron chi connectivity index (χ4n) is 1.45. The molecule has 2 aromatic heterocycles. The second kappa shape index (κ2) is 4.12. The molecule has 0 atom stereocenters. The van der Waals surface area contributed by atoms with Crippen LogP contribution in [0.1, 0.15) is 12.5 Å². The van der Waals surface area contributed by atoms with E-state index in [-0.39, 0.29) is 6.61 Å². The summed E-state index contributed by atoms with van der Waals surface area (Å²) < 4.78 is 33.2. The standard InChI is InChI=1S/C11H10F2N2O2/c1-2-17-10(16)11(12,13)8-3-5-15-6-4-14-9(15)7-8/h3-7H,2H2,1H3. The number of esters is 1. The van der Waals surface area contributed by atoms with E-state index in [9.17, 15) is 13.6 Å². The Morgan fingerprint density at radius 1 is 1.53 bits per heavy atom. The van der Waals surface area contributed by atoms with Gasteiger partial charge in [0, 0.05) is 24.2 Å². The molecule has 17 heavy (non-hydrogen) atoms. The Bertz CT molecular complexity index is 551. The third-order valence-electron chi connectivity index (χ3n) is 2.29. The van der Waals surface area contributed by atoms with Crippen LogP contribution < -0.4 is 0 Å². The number of carbonyl (C=O) groups excluding carboxylic acids is 1. The third kappa shape index (κ3) is 1.98. The minimum absolute atomic E-state index is 0.0833. The summed E-state index contributed by atoms with van der Waals surface area (Å²) in [6, 6.07) is 2.34. The van der Waals surface area contributed by atoms with Crippen molar-refractivity contribution in [2.24, 2.45) is 0 Å². The van der Waals surface area contributed by atoms with E-state index >= 15 is 0 Å². The van der Waals surface area contributed by atoms with Gasteiger partial charge in [0.1, 0.15) is 5.65 Å². The number of ether oxygens (including phenoxy) is 1. The minimum atomic E-state index is -3.65. The quantitative estimate of drug-likeness (QED) is 0.770. The average Bonchev–Trinajstić information content (AvgIpc) is 2.76. The maximum Gasteiger partial charge on any atom is 0.381 e. The molecule has 0 bridgehead atoms. The molecular formula is C11H10F2N2O2. The monoisotopic (exact) mass is 240 g/mol. The second-order valence-corrected chi connectivity index (χ2v) is 3.40. The average molecular weight is 240 g/mol. The van der Waals surface area contributed by atoms with Crippen molar-refractivity contribution in [3.63, 3.8) is 0 Å². The zero-order valence-corrected chi connectivity index (χ0v) is 9.06. The van der Waals surface area contributed by atoms with Crippen molar-refractivity contribution in [3.8, 4) is 0 Å². The van der Waals surface area contributed by atoms with Crippen LogP contribution in [0, 0.1) is 0 Å². The number of rotatable bonds is 3. The van der Waals surface area contributed by atoms with Crippen LogP contribution in [-0.2, 0) is 15.5 Å². The first-order valence-corrected chi connectivity index (χ1v) is 5.04. The van der Waals surface area contributed by atoms with Crippen LogP contribution >= 0.6 is 0 Å². The van der Waals surface area contributed by atoms with Crippen LogP contribution in [0.4, 0.5) is 8.78 Å². The number of pyridine rings is 1. The van der Waals surface area contributed by atoms with Gasteiger partial charge in [0.2, 0.25) is 0 Å². The Morgan fingerprint density at radius 3 is 3.00 bits per heavy atom. The molecule has 0 aromatic carbocycles. The normalized spacial score (nSPS) is 11.7. The summed E-state index contributed by atoms with van der Waals surface area (Å²) in [6.45, 7) is 1.39. The number of imidazole rings is 1. The molecule has 2 rings (SSSR count). The third-order valence-corrected chi connectivity index (χ3v) is 2.29. The lowest BCUT2D eigenvalue weighted by Crippen LogP contribution is -2.28. The highest BCUT2D eigenvalue weighted by Crippen LogP contribution is 2.29. The van der Waals surface area contributed by atoms with Crippen LogP contribution in [0.2, 0.25) is 0 Å². The van der Waals surface area contributed by atoms with Gasteiger partial charge in [0.05, 0.1) is 6.61 Å². The largest absolute Gasteiger partial charge is 0.461 e. The first-order valence-electron chi connectivity index (χ1n) is 5.04. The molecule has 90 valence electrons. The fraction of sp³-hybridized carbons (Fsp3) is 0.273. The lowest BCUT2D eigenvalue weighted by atomic mass is 10.1. The van der Waals surface area contributed by atoms with E-state index in [1.54, 1.807) is 10.6 Å². The molecule has 0 radical (unpaired) electrons. The highest BCUT2D eigenvalue weighted by molar-refractivity contribution is 5.79. The molecule has 0 saturated carbocycles. The number of alkyl halides is 2. The smallest absolute Gasteiger partial charge is 0.381 e. The van der Waals surface area contributed by atoms with E-state index in [2.05, 4.69) is 9.72 Å². The van der Waals surface area contributed by atoms with E-state index < -0.39 is 17.5 Å². The molecular weight excluding hydrogens is 230 g/mol. The molecule has 0 spiro atoms. The Morgan fingerprint density at radius 2 is 2.29 bits per heavy atom. The molecule has 0 amide bonds. The maximum absolute atomic E-state index is 13.7. The topological polar surface area (TPSA) is 43.6 Å². The Labute approximate surface area is 95.8 Å². The van der Waals surface area contributed by atoms with Gasteiger partial charge in [-0.1, -0.05) is 0 Å². The lowest BCUT2D eigenvalue weighted by molar-refractivity contribution is -0.173. The number of fused-ring (bicyclic) bond motifs is 1. The number of nitrogens with zero attached hydrogens (tertiary/aromatic N) is 2. The summed E-state index contributed by atoms with van der Waals surface area (Å²) in [4.78, 5) is 15.0. The molecule has 0 unspecified atom stereocenters. The summed E-state index contributed by atoms with van der Waals surface area (Å²) in [5.74, 6) is -5.19. The van der Waals surface area contributed by atoms with Gasteiger partial charge in [-0.2, -0.15) is 8.78 Å². The highest BCUT2D eigenvalue weighted by Gasteiger charge is 2.42. The molecule has 2 aromatic rings. The van der Waals surface area contributed by atoms with E-state index in [1.807, 2.05) is 0 Å². The number of halogens is 2. The molecule has 6 heteroatoms. The molecule has 0 fully saturated rings. The van der Waals surface area contributed by atoms with Crippen LogP contribution in [0.3, 0.4) is 0 Å². The number of hydrogen-bond donors (Lipinski definition) is 0. The number of carbonyl (C=O) groups is 1. The van der Waals surface area contributed by atoms with E-state index in [4.69, 9.17) is 0 Å². The van der Waals surface area contributed by atoms with Gasteiger partial charge in [0.15, 0.2) is 0 Å². The van der Waals surface area contributed by atoms with Crippen LogP contribution in [-0.4, -0.2) is 22.0 Å². The first-order chi connectivity index (χ1) is 8.05. The lowest BCUT2D eigenvalue weighted by Gasteiger charge is -2.14. The van der Waals surface area contributed by atoms with Crippen molar-refractivity contribution >= 4 is 11.6 Å². The number of hydrogen-bond acceptors (Lipinski definition) is 3. The van der Waals surface area contributed by atoms with Crippen molar-refractivity contribution in [3.05, 3.63) is 36.3 Å². The second-order valence-electron chi connectivity index (χ2n) is 3.40. The summed E-state index contributed by atoms with van der Waals surface area (Å²) >= 11 is 0. The van der Waals surface area contributed by atoms with Gasteiger partial charge in [-0.25, -0.2) is 9.78 Å². The van der Waals surface area contributed by atoms with Gasteiger partial charge in [-0.15, -0.1) is 0 Å². The zero-order chi connectivity index (χ0) is 12.5. The Balaban J connectivity index is 2.40. The van der Waals surface area contributed by atoms with Gasteiger partial charge in [-0.3, -0.25) is 0 Å². The molecule has 0 aliphatic rings. The van der Waals surface area contributed by atoms with Crippen LogP contribution in [0.15, 0.2) is 30.7 Å². The molecule has 0 aliphatic heterocycles. The Hall–Kier alpha value is -1.98. The molecule has 0 N–H and O–H groups in total. The van der Waals surface area contributed by atoms with E-state index in [0.717, 1.165) is 6.07 Å². The van der Waals surface area contributed by atoms with E-state index in [0.29, 0.717) is 5.65 Å². The summed E-state index contributed by atoms with van der Waals surface area (Å²) in [7, 11) is 0. The van der Waals surface area contributed by atoms with Crippen molar-refractivity contribution < 1.29 is 18.3 Å². The van der Waals surface area contributed by atoms with E-state index in [1.165, 1.54) is 25.4 Å². The molecule has 4 nitrogen and oxygen atoms in total. The maximum atomic E-state index is 13.7. The minimum Gasteiger partial charge on any atom is -0.461 e. The van der Waals surface area contributed by atoms with Gasteiger partial charge >= 0.3 is 11.9 Å². The molecule has 2 heterocycles. The summed E-state index contributed by atoms with van der Waals surface area (Å²) in [5.41, 5.74) is -0.0684. The van der Waals surface area contributed by atoms with Crippen LogP contribution in [0.25, 0.3) is 5.65 Å². The van der Waals surface area contributed by atoms with Gasteiger partial charge in [0.25, 0.3) is 0 Å². The first kappa shape index (κ1) is 11.5. The van der Waals surface area contributed by atoms with Crippen molar-refractivity contribution in [2.75, 3.05) is 6.61 Å². The Kier molecular flexibility index (Phi) is 2.79. The SMILES string of the molecule is CCOC(=O)C(F)(F)c1ccn2ccnc2c1. The predicted octanol–water partition coefficient (Wildman–Crippen LogP) is 1.99. The fourth-order valence-corrected chi connectivity index (χ4v) is 1.45. The van der Waals surface area contributed by atoms with Gasteiger partial charge in [-0.05, 0) is 19.1 Å². The van der Waals surface area contributed by atoms with Crippen LogP contribution in [0.5, 0.6) is 0 Å². The van der Waals surface area contributed by atoms with Crippen molar-refractivity contribution in [2.45, 2.75) is 12.8 Å². The van der Waals surface area contributed by atoms with Gasteiger partial charge < -0.3 is 9.14 Å². The molecule has 0 aliphatic carbocycles. The summed E-state index contributed by atoms with van der Waals surface area (Å²) in [6.07, 6.45) is 4.54. The molecule has 0 saturated heterocycles. The number of aromatic nitrogens is 2.